The minimum absolute atomic E-state index is 0.0813. The quantitative estimate of drug-likeness (QED) is 0.397. The minimum atomic E-state index is -0.685. The zero-order valence-corrected chi connectivity index (χ0v) is 13.6. The van der Waals surface area contributed by atoms with E-state index < -0.39 is 17.2 Å². The monoisotopic (exact) mass is 363 g/mol. The van der Waals surface area contributed by atoms with Crippen LogP contribution in [-0.4, -0.2) is 35.8 Å². The highest BCUT2D eigenvalue weighted by Gasteiger charge is 2.18. The van der Waals surface area contributed by atoms with Gasteiger partial charge in [0.2, 0.25) is 5.95 Å². The average molecular weight is 363 g/mol. The number of rotatable bonds is 3. The topological polar surface area (TPSA) is 177 Å². The maximum atomic E-state index is 12.3. The molecule has 133 valence electrons. The number of carbonyl (C=O) groups excluding carboxylic acids is 1. The van der Waals surface area contributed by atoms with Crippen LogP contribution in [0.1, 0.15) is 10.4 Å². The first-order valence-electron chi connectivity index (χ1n) is 7.68. The number of nitrogen functional groups attached to an aromatic ring is 1. The van der Waals surface area contributed by atoms with Gasteiger partial charge in [-0.05, 0) is 12.1 Å². The zero-order chi connectivity index (χ0) is 19.0. The van der Waals surface area contributed by atoms with Gasteiger partial charge in [0, 0.05) is 11.8 Å². The van der Waals surface area contributed by atoms with Crippen molar-refractivity contribution in [2.24, 2.45) is 0 Å². The third-order valence-corrected chi connectivity index (χ3v) is 3.65. The summed E-state index contributed by atoms with van der Waals surface area (Å²) in [5, 5.41) is 3.92. The first-order valence-corrected chi connectivity index (χ1v) is 7.68. The summed E-state index contributed by atoms with van der Waals surface area (Å²) in [6, 6.07) is 8.32. The molecule has 27 heavy (non-hydrogen) atoms. The van der Waals surface area contributed by atoms with Gasteiger partial charge in [0.1, 0.15) is 5.82 Å². The lowest BCUT2D eigenvalue weighted by Gasteiger charge is -2.05. The van der Waals surface area contributed by atoms with Crippen LogP contribution in [0.5, 0.6) is 0 Å². The number of H-pyrrole nitrogens is 3. The summed E-state index contributed by atoms with van der Waals surface area (Å²) in [7, 11) is 0. The molecule has 1 amide bonds. The second-order valence-electron chi connectivity index (χ2n) is 5.46. The van der Waals surface area contributed by atoms with Crippen LogP contribution in [0.25, 0.3) is 22.6 Å². The smallest absolute Gasteiger partial charge is 0.346 e. The third kappa shape index (κ3) is 3.04. The normalized spacial score (nSPS) is 10.8. The van der Waals surface area contributed by atoms with E-state index in [2.05, 4.69) is 35.2 Å². The van der Waals surface area contributed by atoms with Gasteiger partial charge in [-0.25, -0.2) is 9.78 Å². The first-order chi connectivity index (χ1) is 13.0. The molecule has 4 rings (SSSR count). The van der Waals surface area contributed by atoms with Crippen LogP contribution in [-0.2, 0) is 0 Å². The minimum Gasteiger partial charge on any atom is -0.369 e. The van der Waals surface area contributed by atoms with Crippen LogP contribution in [0.3, 0.4) is 0 Å². The van der Waals surface area contributed by atoms with Crippen LogP contribution in [0.4, 0.5) is 11.8 Å². The molecule has 0 unspecified atom stereocenters. The lowest BCUT2D eigenvalue weighted by molar-refractivity contribution is 0.0968. The van der Waals surface area contributed by atoms with Crippen molar-refractivity contribution in [2.75, 3.05) is 5.73 Å². The van der Waals surface area contributed by atoms with Crippen LogP contribution in [0.2, 0.25) is 0 Å². The lowest BCUT2D eigenvalue weighted by Crippen LogP contribution is -2.18. The van der Waals surface area contributed by atoms with E-state index in [1.54, 1.807) is 30.3 Å². The summed E-state index contributed by atoms with van der Waals surface area (Å²) in [5.74, 6) is -0.659. The Morgan fingerprint density at radius 1 is 1.04 bits per heavy atom. The molecule has 5 N–H and O–H groups in total. The first kappa shape index (κ1) is 16.2. The van der Waals surface area contributed by atoms with Crippen molar-refractivity contribution in [1.29, 1.82) is 0 Å². The predicted octanol–water partition coefficient (Wildman–Crippen LogP) is 0.0550. The predicted molar refractivity (Wildman–Crippen MR) is 95.3 cm³/mol. The van der Waals surface area contributed by atoms with Crippen molar-refractivity contribution in [3.8, 4) is 11.4 Å². The SMILES string of the molecule is Nc1nc2nc(-c3c[nH]c(=O)nc3[N]C(=O)c3ccccc3)[nH]c2c(=O)[nH]1. The number of benzene rings is 1. The van der Waals surface area contributed by atoms with Crippen LogP contribution in [0, 0.1) is 0 Å². The number of hydrogen-bond donors (Lipinski definition) is 4. The number of imidazole rings is 1. The van der Waals surface area contributed by atoms with Crippen LogP contribution in [0.15, 0.2) is 46.1 Å². The van der Waals surface area contributed by atoms with E-state index in [0.717, 1.165) is 0 Å². The van der Waals surface area contributed by atoms with Crippen molar-refractivity contribution in [2.45, 2.75) is 0 Å². The Morgan fingerprint density at radius 3 is 2.59 bits per heavy atom. The average Bonchev–Trinajstić information content (AvgIpc) is 3.06. The molecule has 1 aromatic carbocycles. The van der Waals surface area contributed by atoms with Gasteiger partial charge in [0.25, 0.3) is 11.5 Å². The number of nitrogens with two attached hydrogens (primary N) is 1. The Kier molecular flexibility index (Phi) is 3.73. The zero-order valence-electron chi connectivity index (χ0n) is 13.6. The molecule has 0 aliphatic heterocycles. The molecule has 1 radical (unpaired) electrons. The van der Waals surface area contributed by atoms with Gasteiger partial charge in [-0.2, -0.15) is 15.3 Å². The third-order valence-electron chi connectivity index (χ3n) is 3.65. The number of anilines is 1. The second kappa shape index (κ2) is 6.22. The molecule has 4 aromatic rings. The molecule has 0 bridgehead atoms. The number of aromatic nitrogens is 6. The molecular weight excluding hydrogens is 352 g/mol. The van der Waals surface area contributed by atoms with Gasteiger partial charge >= 0.3 is 5.69 Å². The molecule has 3 aromatic heterocycles. The van der Waals surface area contributed by atoms with E-state index in [-0.39, 0.29) is 34.3 Å². The Bertz CT molecular complexity index is 1270. The number of amides is 1. The Hall–Kier alpha value is -4.28. The number of nitrogens with zero attached hydrogens (tertiary/aromatic N) is 4. The summed E-state index contributed by atoms with van der Waals surface area (Å²) in [6.07, 6.45) is 1.29. The molecule has 11 heteroatoms. The molecular formula is C16H11N8O3. The Labute approximate surface area is 149 Å². The molecule has 0 saturated carbocycles. The van der Waals surface area contributed by atoms with Crippen molar-refractivity contribution in [3.63, 3.8) is 0 Å². The van der Waals surface area contributed by atoms with Gasteiger partial charge in [0.05, 0.1) is 5.56 Å². The standard InChI is InChI=1S/C16H11N8O3/c17-15-22-12-9(14(26)24-15)19-10(20-12)8-6-18-16(27)23-11(8)21-13(25)7-4-2-1-3-5-7/h1-6H,(H,18,23,27)(H4,17,19,20,22,24,26). The van der Waals surface area contributed by atoms with E-state index in [4.69, 9.17) is 5.73 Å². The number of carbonyl (C=O) groups is 1. The number of hydrogen-bond acceptors (Lipinski definition) is 7. The van der Waals surface area contributed by atoms with E-state index >= 15 is 0 Å². The Morgan fingerprint density at radius 2 is 1.81 bits per heavy atom. The highest BCUT2D eigenvalue weighted by Crippen LogP contribution is 2.23. The van der Waals surface area contributed by atoms with Crippen LogP contribution < -0.4 is 22.3 Å². The van der Waals surface area contributed by atoms with E-state index in [1.165, 1.54) is 6.20 Å². The maximum absolute atomic E-state index is 12.3. The number of fused-ring (bicyclic) bond motifs is 1. The summed E-state index contributed by atoms with van der Waals surface area (Å²) in [5.41, 5.74) is 5.04. The maximum Gasteiger partial charge on any atom is 0.346 e. The molecule has 3 heterocycles. The molecule has 0 aliphatic rings. The van der Waals surface area contributed by atoms with Gasteiger partial charge in [0.15, 0.2) is 17.0 Å². The number of nitrogens with one attached hydrogen (secondary N) is 3. The Balaban J connectivity index is 1.80. The highest BCUT2D eigenvalue weighted by molar-refractivity contribution is 5.97. The largest absolute Gasteiger partial charge is 0.369 e. The van der Waals surface area contributed by atoms with Gasteiger partial charge in [-0.3, -0.25) is 14.6 Å². The summed E-state index contributed by atoms with van der Waals surface area (Å²) >= 11 is 0. The summed E-state index contributed by atoms with van der Waals surface area (Å²) in [4.78, 5) is 55.3. The second-order valence-corrected chi connectivity index (χ2v) is 5.46. The molecule has 11 nitrogen and oxygen atoms in total. The van der Waals surface area contributed by atoms with Gasteiger partial charge < -0.3 is 15.7 Å². The van der Waals surface area contributed by atoms with E-state index in [1.807, 2.05) is 0 Å². The van der Waals surface area contributed by atoms with Gasteiger partial charge in [-0.1, -0.05) is 18.2 Å². The molecule has 0 spiro atoms. The fourth-order valence-electron chi connectivity index (χ4n) is 2.44. The van der Waals surface area contributed by atoms with E-state index in [9.17, 15) is 14.4 Å². The summed E-state index contributed by atoms with van der Waals surface area (Å²) < 4.78 is 0. The molecule has 0 saturated heterocycles. The van der Waals surface area contributed by atoms with Crippen LogP contribution >= 0.6 is 0 Å². The molecule has 0 atom stereocenters. The van der Waals surface area contributed by atoms with Gasteiger partial charge in [-0.15, -0.1) is 0 Å². The molecule has 0 aliphatic carbocycles. The fraction of sp³-hybridized carbons (Fsp3) is 0. The van der Waals surface area contributed by atoms with E-state index in [0.29, 0.717) is 5.56 Å². The van der Waals surface area contributed by atoms with Crippen molar-refractivity contribution in [3.05, 3.63) is 62.9 Å². The fourth-order valence-corrected chi connectivity index (χ4v) is 2.44. The number of aromatic amines is 3. The highest BCUT2D eigenvalue weighted by atomic mass is 16.2. The summed E-state index contributed by atoms with van der Waals surface area (Å²) in [6.45, 7) is 0. The molecule has 0 fully saturated rings. The van der Waals surface area contributed by atoms with Crippen molar-refractivity contribution in [1.82, 2.24) is 35.2 Å². The van der Waals surface area contributed by atoms with Crippen molar-refractivity contribution < 1.29 is 4.79 Å². The lowest BCUT2D eigenvalue weighted by atomic mass is 10.2. The van der Waals surface area contributed by atoms with Crippen molar-refractivity contribution >= 4 is 28.8 Å².